The van der Waals surface area contributed by atoms with E-state index < -0.39 is 34.0 Å². The zero-order valence-electron chi connectivity index (χ0n) is 7.47. The van der Waals surface area contributed by atoms with Gasteiger partial charge < -0.3 is 22.2 Å². The van der Waals surface area contributed by atoms with E-state index in [1.807, 2.05) is 0 Å². The van der Waals surface area contributed by atoms with Gasteiger partial charge in [-0.3, -0.25) is 8.42 Å². The molecule has 0 rings (SSSR count). The van der Waals surface area contributed by atoms with Crippen molar-refractivity contribution < 1.29 is 30.6 Å². The molecule has 0 aliphatic heterocycles. The van der Waals surface area contributed by atoms with Crippen molar-refractivity contribution in [2.45, 2.75) is 0 Å². The van der Waals surface area contributed by atoms with E-state index in [1.165, 1.54) is 0 Å². The molecular formula is C2H8MgO6S2-2. The number of aliphatic hydroxyl groups is 2. The summed E-state index contributed by atoms with van der Waals surface area (Å²) in [5, 5.41) is 15.1. The molecule has 9 heteroatoms. The third kappa shape index (κ3) is 35.9. The second-order valence-corrected chi connectivity index (χ2v) is 2.60. The summed E-state index contributed by atoms with van der Waals surface area (Å²) in [6.45, 7) is 0. The van der Waals surface area contributed by atoms with Crippen LogP contribution in [0.25, 0.3) is 0 Å². The van der Waals surface area contributed by atoms with E-state index in [4.69, 9.17) is 27.7 Å². The average Bonchev–Trinajstić information content (AvgIpc) is 1.89. The van der Waals surface area contributed by atoms with Gasteiger partial charge in [-0.05, 0) is 22.2 Å². The van der Waals surface area contributed by atoms with Gasteiger partial charge in [0.15, 0.2) is 0 Å². The molecule has 0 heterocycles. The van der Waals surface area contributed by atoms with Gasteiger partial charge >= 0.3 is 23.1 Å². The minimum Gasteiger partial charge on any atom is -1.00 e. The van der Waals surface area contributed by atoms with Gasteiger partial charge in [0.05, 0.1) is 0 Å². The zero-order chi connectivity index (χ0) is 8.57. The van der Waals surface area contributed by atoms with Crippen molar-refractivity contribution in [1.29, 1.82) is 0 Å². The monoisotopic (exact) mass is 216 g/mol. The minimum atomic E-state index is -2.27. The summed E-state index contributed by atoms with van der Waals surface area (Å²) in [6.07, 6.45) is 0. The largest absolute Gasteiger partial charge is 2.00 e. The third-order valence-corrected chi connectivity index (χ3v) is 0.632. The summed E-state index contributed by atoms with van der Waals surface area (Å²) in [7, 11) is 0. The van der Waals surface area contributed by atoms with Crippen LogP contribution < -0.4 is 0 Å². The van der Waals surface area contributed by atoms with Crippen LogP contribution in [0.1, 0.15) is 2.85 Å². The molecule has 0 bridgehead atoms. The standard InChI is InChI=1S/2CH4O3S.Mg.2H/c2*2-1-5(3)4;;;/h2*2H,1H2,(H,3,4);;;/q;;+2;2*-1/p-2. The Labute approximate surface area is 87.7 Å². The number of rotatable bonds is 2. The Kier molecular flexibility index (Phi) is 21.9. The van der Waals surface area contributed by atoms with Crippen LogP contribution in [0.4, 0.5) is 0 Å². The maximum atomic E-state index is 9.12. The zero-order valence-corrected chi connectivity index (χ0v) is 8.51. The minimum absolute atomic E-state index is 0. The van der Waals surface area contributed by atoms with E-state index in [9.17, 15) is 0 Å². The summed E-state index contributed by atoms with van der Waals surface area (Å²) < 4.78 is 36.5. The summed E-state index contributed by atoms with van der Waals surface area (Å²) in [4.78, 5) is 0. The number of hydrogen-bond donors (Lipinski definition) is 2. The quantitative estimate of drug-likeness (QED) is 0.388. The molecule has 0 amide bonds. The fourth-order valence-corrected chi connectivity index (χ4v) is 0. The molecule has 2 atom stereocenters. The van der Waals surface area contributed by atoms with Crippen molar-refractivity contribution in [2.24, 2.45) is 0 Å². The summed E-state index contributed by atoms with van der Waals surface area (Å²) >= 11 is -4.53. The molecule has 2 N–H and O–H groups in total. The molecule has 2 unspecified atom stereocenters. The van der Waals surface area contributed by atoms with Gasteiger partial charge in [-0.25, -0.2) is 0 Å². The second-order valence-electron chi connectivity index (χ2n) is 0.866. The Hall–Kier alpha value is 0.906. The van der Waals surface area contributed by atoms with Crippen molar-refractivity contribution in [3.8, 4) is 0 Å². The van der Waals surface area contributed by atoms with Gasteiger partial charge in [-0.1, -0.05) is 0 Å². The van der Waals surface area contributed by atoms with Crippen molar-refractivity contribution in [3.63, 3.8) is 0 Å². The first-order valence-electron chi connectivity index (χ1n) is 1.88. The van der Waals surface area contributed by atoms with Crippen LogP contribution in [0.3, 0.4) is 0 Å². The molecule has 11 heavy (non-hydrogen) atoms. The van der Waals surface area contributed by atoms with Crippen LogP contribution in [0.15, 0.2) is 0 Å². The predicted molar refractivity (Wildman–Crippen MR) is 40.0 cm³/mol. The Morgan fingerprint density at radius 2 is 1.18 bits per heavy atom. The van der Waals surface area contributed by atoms with Crippen molar-refractivity contribution in [1.82, 2.24) is 0 Å². The van der Waals surface area contributed by atoms with E-state index >= 15 is 0 Å². The van der Waals surface area contributed by atoms with Crippen LogP contribution in [0.2, 0.25) is 0 Å². The molecule has 0 aromatic rings. The van der Waals surface area contributed by atoms with Crippen LogP contribution in [0.5, 0.6) is 0 Å². The number of aliphatic hydroxyl groups excluding tert-OH is 2. The molecular weight excluding hydrogens is 208 g/mol. The summed E-state index contributed by atoms with van der Waals surface area (Å²) in [6, 6.07) is 0. The van der Waals surface area contributed by atoms with Gasteiger partial charge in [0.2, 0.25) is 0 Å². The molecule has 6 nitrogen and oxygen atoms in total. The Morgan fingerprint density at radius 3 is 1.18 bits per heavy atom. The first-order chi connectivity index (χ1) is 4.54. The molecule has 0 aliphatic carbocycles. The Morgan fingerprint density at radius 1 is 1.09 bits per heavy atom. The molecule has 0 aromatic carbocycles. The fourth-order valence-electron chi connectivity index (χ4n) is 0. The smallest absolute Gasteiger partial charge is 1.00 e. The molecule has 0 saturated carbocycles. The molecule has 0 spiro atoms. The molecule has 0 saturated heterocycles. The summed E-state index contributed by atoms with van der Waals surface area (Å²) in [5.74, 6) is -1.56. The average molecular weight is 217 g/mol. The second kappa shape index (κ2) is 13.5. The maximum Gasteiger partial charge on any atom is 2.00 e. The predicted octanol–water partition coefficient (Wildman–Crippen LogP) is -2.53. The van der Waals surface area contributed by atoms with E-state index in [0.717, 1.165) is 0 Å². The van der Waals surface area contributed by atoms with E-state index in [-0.39, 0.29) is 25.9 Å². The first-order valence-corrected chi connectivity index (χ1v) is 4.36. The van der Waals surface area contributed by atoms with E-state index in [2.05, 4.69) is 0 Å². The van der Waals surface area contributed by atoms with Gasteiger partial charge in [-0.15, -0.1) is 0 Å². The van der Waals surface area contributed by atoms with Crippen molar-refractivity contribution in [3.05, 3.63) is 0 Å². The number of hydrogen-bond acceptors (Lipinski definition) is 6. The van der Waals surface area contributed by atoms with Gasteiger partial charge in [0.1, 0.15) is 11.9 Å². The van der Waals surface area contributed by atoms with Crippen molar-refractivity contribution in [2.75, 3.05) is 11.9 Å². The fraction of sp³-hybridized carbons (Fsp3) is 1.00. The Bertz CT molecular complexity index is 111. The molecule has 0 aromatic heterocycles. The molecule has 0 aliphatic rings. The van der Waals surface area contributed by atoms with Crippen LogP contribution in [0, 0.1) is 0 Å². The summed E-state index contributed by atoms with van der Waals surface area (Å²) in [5.41, 5.74) is 0. The van der Waals surface area contributed by atoms with Crippen LogP contribution >= 0.6 is 0 Å². The maximum absolute atomic E-state index is 9.12. The first kappa shape index (κ1) is 17.9. The SMILES string of the molecule is O=S([O-])CO.O=S([O-])CO.[H-].[H-].[Mg+2]. The topological polar surface area (TPSA) is 121 Å². The van der Waals surface area contributed by atoms with E-state index in [0.29, 0.717) is 0 Å². The normalized spacial score (nSPS) is 13.5. The molecule has 0 fully saturated rings. The Balaban J connectivity index is -0.0000000267. The van der Waals surface area contributed by atoms with Gasteiger partial charge in [-0.2, -0.15) is 0 Å². The van der Waals surface area contributed by atoms with E-state index in [1.54, 1.807) is 0 Å². The van der Waals surface area contributed by atoms with Gasteiger partial charge in [0, 0.05) is 0 Å². The van der Waals surface area contributed by atoms with Crippen LogP contribution in [-0.2, 0) is 22.2 Å². The van der Waals surface area contributed by atoms with Crippen molar-refractivity contribution >= 4 is 45.2 Å². The molecule has 0 radical (unpaired) electrons. The van der Waals surface area contributed by atoms with Gasteiger partial charge in [0.25, 0.3) is 0 Å². The third-order valence-electron chi connectivity index (χ3n) is 0.211. The molecule has 68 valence electrons. The van der Waals surface area contributed by atoms with Crippen LogP contribution in [-0.4, -0.2) is 62.7 Å².